The SMILES string of the molecule is CC[C@H](C)NC(=O)[C@H](CC)N(Cc1ccccc1C)C(=O)Cc1ccc(Cl)cc1. The van der Waals surface area contributed by atoms with Gasteiger partial charge in [0.05, 0.1) is 6.42 Å². The fourth-order valence-corrected chi connectivity index (χ4v) is 3.34. The van der Waals surface area contributed by atoms with Crippen LogP contribution in [0.4, 0.5) is 0 Å². The number of nitrogens with zero attached hydrogens (tertiary/aromatic N) is 1. The van der Waals surface area contributed by atoms with E-state index in [1.807, 2.05) is 64.1 Å². The molecule has 156 valence electrons. The smallest absolute Gasteiger partial charge is 0.243 e. The molecule has 0 aliphatic heterocycles. The van der Waals surface area contributed by atoms with Crippen LogP contribution in [0.3, 0.4) is 0 Å². The highest BCUT2D eigenvalue weighted by Crippen LogP contribution is 2.18. The molecule has 0 saturated heterocycles. The van der Waals surface area contributed by atoms with Crippen molar-refractivity contribution in [2.75, 3.05) is 0 Å². The number of hydrogen-bond donors (Lipinski definition) is 1. The van der Waals surface area contributed by atoms with Crippen LogP contribution < -0.4 is 5.32 Å². The van der Waals surface area contributed by atoms with Crippen LogP contribution in [-0.4, -0.2) is 28.8 Å². The van der Waals surface area contributed by atoms with E-state index in [1.54, 1.807) is 17.0 Å². The van der Waals surface area contributed by atoms with Gasteiger partial charge in [0, 0.05) is 17.6 Å². The topological polar surface area (TPSA) is 49.4 Å². The Morgan fingerprint density at radius 3 is 2.28 bits per heavy atom. The minimum atomic E-state index is -0.511. The van der Waals surface area contributed by atoms with Crippen molar-refractivity contribution < 1.29 is 9.59 Å². The average molecular weight is 415 g/mol. The summed E-state index contributed by atoms with van der Waals surface area (Å²) in [5, 5.41) is 3.67. The Kier molecular flexibility index (Phi) is 8.71. The van der Waals surface area contributed by atoms with Crippen molar-refractivity contribution in [3.8, 4) is 0 Å². The van der Waals surface area contributed by atoms with Gasteiger partial charge in [-0.1, -0.05) is 61.8 Å². The predicted molar refractivity (Wildman–Crippen MR) is 119 cm³/mol. The molecule has 2 aromatic rings. The number of benzene rings is 2. The summed E-state index contributed by atoms with van der Waals surface area (Å²) < 4.78 is 0. The minimum absolute atomic E-state index is 0.0678. The van der Waals surface area contributed by atoms with E-state index in [4.69, 9.17) is 11.6 Å². The first kappa shape index (κ1) is 23.0. The lowest BCUT2D eigenvalue weighted by atomic mass is 10.0. The molecule has 0 aromatic heterocycles. The molecule has 0 aliphatic rings. The number of nitrogens with one attached hydrogen (secondary N) is 1. The number of carbonyl (C=O) groups is 2. The predicted octanol–water partition coefficient (Wildman–Crippen LogP) is 4.91. The van der Waals surface area contributed by atoms with E-state index >= 15 is 0 Å². The van der Waals surface area contributed by atoms with Crippen molar-refractivity contribution in [1.29, 1.82) is 0 Å². The molecule has 0 fully saturated rings. The molecule has 2 rings (SSSR count). The molecule has 0 aliphatic carbocycles. The molecular formula is C24H31ClN2O2. The Balaban J connectivity index is 2.30. The van der Waals surface area contributed by atoms with Crippen molar-refractivity contribution in [3.63, 3.8) is 0 Å². The Morgan fingerprint density at radius 1 is 1.03 bits per heavy atom. The number of hydrogen-bond acceptors (Lipinski definition) is 2. The van der Waals surface area contributed by atoms with E-state index in [0.717, 1.165) is 23.1 Å². The number of carbonyl (C=O) groups excluding carboxylic acids is 2. The van der Waals surface area contributed by atoms with Gasteiger partial charge in [0.15, 0.2) is 0 Å². The van der Waals surface area contributed by atoms with Gasteiger partial charge in [-0.3, -0.25) is 9.59 Å². The summed E-state index contributed by atoms with van der Waals surface area (Å²) in [6, 6.07) is 14.8. The molecule has 2 aromatic carbocycles. The Bertz CT molecular complexity index is 820. The lowest BCUT2D eigenvalue weighted by Gasteiger charge is -2.32. The minimum Gasteiger partial charge on any atom is -0.352 e. The maximum Gasteiger partial charge on any atom is 0.243 e. The summed E-state index contributed by atoms with van der Waals surface area (Å²) in [5.74, 6) is -0.165. The van der Waals surface area contributed by atoms with Gasteiger partial charge in [0.25, 0.3) is 0 Å². The van der Waals surface area contributed by atoms with Crippen LogP contribution in [0.2, 0.25) is 5.02 Å². The lowest BCUT2D eigenvalue weighted by molar-refractivity contribution is -0.141. The van der Waals surface area contributed by atoms with Crippen molar-refractivity contribution >= 4 is 23.4 Å². The van der Waals surface area contributed by atoms with Crippen LogP contribution in [-0.2, 0) is 22.6 Å². The highest BCUT2D eigenvalue weighted by Gasteiger charge is 2.29. The van der Waals surface area contributed by atoms with Crippen LogP contribution >= 0.6 is 11.6 Å². The number of rotatable bonds is 9. The number of amides is 2. The van der Waals surface area contributed by atoms with Gasteiger partial charge >= 0.3 is 0 Å². The summed E-state index contributed by atoms with van der Waals surface area (Å²) >= 11 is 5.96. The highest BCUT2D eigenvalue weighted by molar-refractivity contribution is 6.30. The van der Waals surface area contributed by atoms with Crippen LogP contribution in [0.5, 0.6) is 0 Å². The zero-order valence-electron chi connectivity index (χ0n) is 17.7. The van der Waals surface area contributed by atoms with Crippen molar-refractivity contribution in [1.82, 2.24) is 10.2 Å². The van der Waals surface area contributed by atoms with E-state index in [0.29, 0.717) is 18.0 Å². The average Bonchev–Trinajstić information content (AvgIpc) is 2.70. The molecule has 0 spiro atoms. The molecule has 0 radical (unpaired) electrons. The zero-order chi connectivity index (χ0) is 21.4. The van der Waals surface area contributed by atoms with Gasteiger partial charge in [-0.25, -0.2) is 0 Å². The quantitative estimate of drug-likeness (QED) is 0.633. The van der Waals surface area contributed by atoms with Crippen LogP contribution in [0.15, 0.2) is 48.5 Å². The molecule has 0 bridgehead atoms. The molecular weight excluding hydrogens is 384 g/mol. The Hall–Kier alpha value is -2.33. The molecule has 2 atom stereocenters. The molecule has 1 N–H and O–H groups in total. The zero-order valence-corrected chi connectivity index (χ0v) is 18.5. The first-order chi connectivity index (χ1) is 13.8. The summed E-state index contributed by atoms with van der Waals surface area (Å²) in [6.45, 7) is 8.39. The van der Waals surface area contributed by atoms with Gasteiger partial charge in [-0.15, -0.1) is 0 Å². The third-order valence-corrected chi connectivity index (χ3v) is 5.51. The fourth-order valence-electron chi connectivity index (χ4n) is 3.21. The maximum absolute atomic E-state index is 13.3. The largest absolute Gasteiger partial charge is 0.352 e. The van der Waals surface area contributed by atoms with E-state index in [-0.39, 0.29) is 24.3 Å². The first-order valence-corrected chi connectivity index (χ1v) is 10.6. The molecule has 2 amide bonds. The van der Waals surface area contributed by atoms with E-state index in [9.17, 15) is 9.59 Å². The monoisotopic (exact) mass is 414 g/mol. The summed E-state index contributed by atoms with van der Waals surface area (Å²) in [4.78, 5) is 27.9. The molecule has 0 unspecified atom stereocenters. The third-order valence-electron chi connectivity index (χ3n) is 5.26. The number of halogens is 1. The Morgan fingerprint density at radius 2 is 1.69 bits per heavy atom. The second-order valence-electron chi connectivity index (χ2n) is 7.49. The summed E-state index contributed by atoms with van der Waals surface area (Å²) in [7, 11) is 0. The van der Waals surface area contributed by atoms with Crippen molar-refractivity contribution in [2.24, 2.45) is 0 Å². The fraction of sp³-hybridized carbons (Fsp3) is 0.417. The normalized spacial score (nSPS) is 12.9. The van der Waals surface area contributed by atoms with Crippen LogP contribution in [0.25, 0.3) is 0 Å². The molecule has 4 nitrogen and oxygen atoms in total. The maximum atomic E-state index is 13.3. The van der Waals surface area contributed by atoms with E-state index < -0.39 is 6.04 Å². The molecule has 5 heteroatoms. The van der Waals surface area contributed by atoms with Crippen LogP contribution in [0, 0.1) is 6.92 Å². The molecule has 0 saturated carbocycles. The van der Waals surface area contributed by atoms with E-state index in [1.165, 1.54) is 0 Å². The lowest BCUT2D eigenvalue weighted by Crippen LogP contribution is -2.51. The van der Waals surface area contributed by atoms with Gasteiger partial charge in [-0.05, 0) is 55.5 Å². The summed E-state index contributed by atoms with van der Waals surface area (Å²) in [6.07, 6.45) is 1.63. The van der Waals surface area contributed by atoms with Crippen LogP contribution in [0.1, 0.15) is 50.3 Å². The van der Waals surface area contributed by atoms with Gasteiger partial charge < -0.3 is 10.2 Å². The second-order valence-corrected chi connectivity index (χ2v) is 7.93. The van der Waals surface area contributed by atoms with Gasteiger partial charge in [-0.2, -0.15) is 0 Å². The van der Waals surface area contributed by atoms with Gasteiger partial charge in [0.1, 0.15) is 6.04 Å². The highest BCUT2D eigenvalue weighted by atomic mass is 35.5. The third kappa shape index (κ3) is 6.60. The summed E-state index contributed by atoms with van der Waals surface area (Å²) in [5.41, 5.74) is 3.03. The number of aryl methyl sites for hydroxylation is 1. The standard InChI is InChI=1S/C24H31ClN2O2/c1-5-18(4)26-24(29)22(6-2)27(16-20-10-8-7-9-17(20)3)23(28)15-19-11-13-21(25)14-12-19/h7-14,18,22H,5-6,15-16H2,1-4H3,(H,26,29)/t18-,22-/m0/s1. The first-order valence-electron chi connectivity index (χ1n) is 10.2. The van der Waals surface area contributed by atoms with Gasteiger partial charge in [0.2, 0.25) is 11.8 Å². The second kappa shape index (κ2) is 11.0. The van der Waals surface area contributed by atoms with Crippen molar-refractivity contribution in [2.45, 2.75) is 65.6 Å². The molecule has 29 heavy (non-hydrogen) atoms. The Labute approximate surface area is 179 Å². The van der Waals surface area contributed by atoms with E-state index in [2.05, 4.69) is 5.32 Å². The molecule has 0 heterocycles. The van der Waals surface area contributed by atoms with Crippen molar-refractivity contribution in [3.05, 3.63) is 70.2 Å².